The van der Waals surface area contributed by atoms with E-state index >= 15 is 0 Å². The average Bonchev–Trinajstić information content (AvgIpc) is 2.15. The topological polar surface area (TPSA) is 35.5 Å². The second-order valence-electron chi connectivity index (χ2n) is 2.15. The number of ether oxygens (including phenoxy) is 2. The predicted molar refractivity (Wildman–Crippen MR) is 43.2 cm³/mol. The Morgan fingerprint density at radius 2 is 2.31 bits per heavy atom. The molecular weight excluding hydrogens is 245 g/mol. The van der Waals surface area contributed by atoms with Crippen molar-refractivity contribution in [2.24, 2.45) is 0 Å². The van der Waals surface area contributed by atoms with Gasteiger partial charge in [0, 0.05) is 45.6 Å². The first-order valence-corrected chi connectivity index (χ1v) is 3.45. The molecule has 0 atom stereocenters. The molecule has 0 saturated heterocycles. The number of hydrogen-bond donors (Lipinski definition) is 0. The average molecular weight is 254 g/mol. The van der Waals surface area contributed by atoms with E-state index in [4.69, 9.17) is 9.47 Å². The summed E-state index contributed by atoms with van der Waals surface area (Å²) in [6.45, 7) is 0.191. The molecule has 0 bridgehead atoms. The molecule has 0 aliphatic carbocycles. The van der Waals surface area contributed by atoms with E-state index in [0.717, 1.165) is 6.29 Å². The van der Waals surface area contributed by atoms with Gasteiger partial charge in [-0.1, -0.05) is 5.56 Å². The van der Waals surface area contributed by atoms with Gasteiger partial charge in [0.1, 0.15) is 0 Å². The van der Waals surface area contributed by atoms with Gasteiger partial charge in [-0.25, -0.2) is 0 Å². The van der Waals surface area contributed by atoms with Crippen molar-refractivity contribution >= 4 is 6.29 Å². The standard InChI is InChI=1S/C9H9O3.Y/c1-11-7-12-9-4-2-8(6-10)3-5-9;/h2-4,6H,7H2,1H3;/q-1;. The zero-order valence-corrected chi connectivity index (χ0v) is 10.2. The van der Waals surface area contributed by atoms with Crippen LogP contribution in [-0.2, 0) is 37.4 Å². The summed E-state index contributed by atoms with van der Waals surface area (Å²) in [5, 5.41) is 0. The SMILES string of the molecule is COCOc1[c-]cc(C=O)cc1.[Y]. The van der Waals surface area contributed by atoms with Gasteiger partial charge in [0.2, 0.25) is 0 Å². The number of rotatable bonds is 4. The summed E-state index contributed by atoms with van der Waals surface area (Å²) in [5.41, 5.74) is 0.583. The molecule has 1 aromatic carbocycles. The van der Waals surface area contributed by atoms with Crippen LogP contribution >= 0.6 is 0 Å². The monoisotopic (exact) mass is 254 g/mol. The molecule has 0 saturated carbocycles. The number of aldehydes is 1. The summed E-state index contributed by atoms with van der Waals surface area (Å²) < 4.78 is 9.75. The van der Waals surface area contributed by atoms with Crippen LogP contribution < -0.4 is 4.74 Å². The van der Waals surface area contributed by atoms with Crippen LogP contribution in [0.3, 0.4) is 0 Å². The molecular formula is C9H9O3Y-. The maximum atomic E-state index is 10.2. The van der Waals surface area contributed by atoms with Crippen molar-refractivity contribution in [3.05, 3.63) is 29.8 Å². The summed E-state index contributed by atoms with van der Waals surface area (Å²) in [6, 6.07) is 7.69. The van der Waals surface area contributed by atoms with Crippen molar-refractivity contribution < 1.29 is 47.0 Å². The summed E-state index contributed by atoms with van der Waals surface area (Å²) in [5.74, 6) is 0.572. The molecule has 3 nitrogen and oxygen atoms in total. The summed E-state index contributed by atoms with van der Waals surface area (Å²) >= 11 is 0. The van der Waals surface area contributed by atoms with Gasteiger partial charge in [-0.3, -0.25) is 0 Å². The Morgan fingerprint density at radius 1 is 1.54 bits per heavy atom. The van der Waals surface area contributed by atoms with Crippen molar-refractivity contribution in [1.29, 1.82) is 0 Å². The van der Waals surface area contributed by atoms with E-state index in [-0.39, 0.29) is 39.5 Å². The summed E-state index contributed by atoms with van der Waals surface area (Å²) in [4.78, 5) is 10.2. The van der Waals surface area contributed by atoms with Gasteiger partial charge in [0.05, 0.1) is 6.29 Å². The molecule has 0 aliphatic heterocycles. The first kappa shape index (κ1) is 12.8. The number of hydrogen-bond acceptors (Lipinski definition) is 3. The molecule has 0 aliphatic rings. The minimum atomic E-state index is 0. The third-order valence-electron chi connectivity index (χ3n) is 1.28. The molecule has 0 heterocycles. The maximum Gasteiger partial charge on any atom is 0.185 e. The molecule has 0 spiro atoms. The number of carbonyl (C=O) groups excluding carboxylic acids is 1. The fourth-order valence-corrected chi connectivity index (χ4v) is 0.708. The van der Waals surface area contributed by atoms with Crippen LogP contribution in [0.15, 0.2) is 18.2 Å². The fourth-order valence-electron chi connectivity index (χ4n) is 0.708. The van der Waals surface area contributed by atoms with Gasteiger partial charge < -0.3 is 14.3 Å². The molecule has 0 aromatic heterocycles. The Morgan fingerprint density at radius 3 is 2.77 bits per heavy atom. The van der Waals surface area contributed by atoms with E-state index in [1.54, 1.807) is 25.3 Å². The van der Waals surface area contributed by atoms with Crippen LogP contribution in [0.1, 0.15) is 10.4 Å². The van der Waals surface area contributed by atoms with Crippen LogP contribution in [0.25, 0.3) is 0 Å². The molecule has 0 amide bonds. The van der Waals surface area contributed by atoms with Gasteiger partial charge in [0.25, 0.3) is 0 Å². The van der Waals surface area contributed by atoms with Crippen LogP contribution in [0.4, 0.5) is 0 Å². The van der Waals surface area contributed by atoms with Gasteiger partial charge in [-0.15, -0.1) is 12.1 Å². The quantitative estimate of drug-likeness (QED) is 0.461. The normalized spacial score (nSPS) is 8.69. The second kappa shape index (κ2) is 7.19. The molecule has 13 heavy (non-hydrogen) atoms. The molecule has 4 heteroatoms. The minimum absolute atomic E-state index is 0. The predicted octanol–water partition coefficient (Wildman–Crippen LogP) is 1.28. The molecule has 0 N–H and O–H groups in total. The van der Waals surface area contributed by atoms with E-state index in [1.165, 1.54) is 0 Å². The Bertz CT molecular complexity index is 246. The molecule has 0 fully saturated rings. The van der Waals surface area contributed by atoms with E-state index in [1.807, 2.05) is 0 Å². The molecule has 0 unspecified atom stereocenters. The van der Waals surface area contributed by atoms with Gasteiger partial charge in [-0.05, 0) is 0 Å². The van der Waals surface area contributed by atoms with Gasteiger partial charge >= 0.3 is 0 Å². The van der Waals surface area contributed by atoms with E-state index < -0.39 is 0 Å². The number of methoxy groups -OCH3 is 1. The smallest absolute Gasteiger partial charge is 0.185 e. The number of benzene rings is 1. The van der Waals surface area contributed by atoms with Crippen LogP contribution in [0, 0.1) is 6.07 Å². The summed E-state index contributed by atoms with van der Waals surface area (Å²) in [7, 11) is 1.54. The van der Waals surface area contributed by atoms with Crippen molar-refractivity contribution in [2.75, 3.05) is 13.9 Å². The van der Waals surface area contributed by atoms with E-state index in [9.17, 15) is 4.79 Å². The van der Waals surface area contributed by atoms with Crippen molar-refractivity contribution in [3.63, 3.8) is 0 Å². The van der Waals surface area contributed by atoms with E-state index in [2.05, 4.69) is 6.07 Å². The largest absolute Gasteiger partial charge is 0.493 e. The molecule has 67 valence electrons. The first-order valence-electron chi connectivity index (χ1n) is 3.45. The zero-order chi connectivity index (χ0) is 8.81. The van der Waals surface area contributed by atoms with Gasteiger partial charge in [0.15, 0.2) is 6.79 Å². The van der Waals surface area contributed by atoms with Crippen LogP contribution in [0.5, 0.6) is 5.75 Å². The van der Waals surface area contributed by atoms with Gasteiger partial charge in [-0.2, -0.15) is 12.1 Å². The third-order valence-corrected chi connectivity index (χ3v) is 1.28. The minimum Gasteiger partial charge on any atom is -0.493 e. The van der Waals surface area contributed by atoms with Crippen LogP contribution in [0.2, 0.25) is 0 Å². The summed E-state index contributed by atoms with van der Waals surface area (Å²) in [6.07, 6.45) is 0.761. The fraction of sp³-hybridized carbons (Fsp3) is 0.222. The number of carbonyl (C=O) groups is 1. The maximum absolute atomic E-state index is 10.2. The molecule has 1 aromatic rings. The van der Waals surface area contributed by atoms with Crippen molar-refractivity contribution in [1.82, 2.24) is 0 Å². The van der Waals surface area contributed by atoms with E-state index in [0.29, 0.717) is 11.3 Å². The molecule has 1 radical (unpaired) electrons. The Hall–Kier alpha value is -0.246. The third kappa shape index (κ3) is 4.51. The Balaban J connectivity index is 0.00000144. The zero-order valence-electron chi connectivity index (χ0n) is 7.32. The molecule has 1 rings (SSSR count). The first-order chi connectivity index (χ1) is 5.86. The van der Waals surface area contributed by atoms with Crippen LogP contribution in [-0.4, -0.2) is 20.2 Å². The Labute approximate surface area is 102 Å². The Kier molecular flexibility index (Phi) is 7.05. The van der Waals surface area contributed by atoms with Crippen molar-refractivity contribution in [2.45, 2.75) is 0 Å². The van der Waals surface area contributed by atoms with Crippen molar-refractivity contribution in [3.8, 4) is 5.75 Å². The second-order valence-corrected chi connectivity index (χ2v) is 2.15.